The molecule has 0 radical (unpaired) electrons. The van der Waals surface area contributed by atoms with Gasteiger partial charge in [0.2, 0.25) is 0 Å². The average molecular weight is 555 g/mol. The second-order valence-corrected chi connectivity index (χ2v) is 16.7. The van der Waals surface area contributed by atoms with E-state index >= 15 is 0 Å². The van der Waals surface area contributed by atoms with Crippen LogP contribution in [0.25, 0.3) is 0 Å². The Balaban J connectivity index is 3.62. The lowest BCUT2D eigenvalue weighted by atomic mass is 9.88. The van der Waals surface area contributed by atoms with Gasteiger partial charge in [-0.2, -0.15) is 0 Å². The summed E-state index contributed by atoms with van der Waals surface area (Å²) in [4.78, 5) is 36.6. The van der Waals surface area contributed by atoms with Crippen molar-refractivity contribution in [3.05, 3.63) is 23.8 Å². The molecule has 8 nitrogen and oxygen atoms in total. The van der Waals surface area contributed by atoms with Gasteiger partial charge in [0.25, 0.3) is 0 Å². The lowest BCUT2D eigenvalue weighted by Crippen LogP contribution is -2.48. The number of esters is 2. The zero-order valence-corrected chi connectivity index (χ0v) is 26.3. The Kier molecular flexibility index (Phi) is 13.1. The summed E-state index contributed by atoms with van der Waals surface area (Å²) in [7, 11) is -2.24. The highest BCUT2D eigenvalue weighted by Crippen LogP contribution is 2.39. The van der Waals surface area contributed by atoms with Crippen molar-refractivity contribution in [2.45, 2.75) is 130 Å². The predicted molar refractivity (Wildman–Crippen MR) is 150 cm³/mol. The summed E-state index contributed by atoms with van der Waals surface area (Å²) < 4.78 is 30.4. The molecule has 0 saturated carbocycles. The number of carbonyl (C=O) groups is 3. The summed E-state index contributed by atoms with van der Waals surface area (Å²) in [6, 6.07) is 0. The van der Waals surface area contributed by atoms with Gasteiger partial charge in [-0.15, -0.1) is 0 Å². The first-order valence-electron chi connectivity index (χ1n) is 13.6. The number of carbonyl (C=O) groups excluding carboxylic acids is 3. The molecule has 0 amide bonds. The molecule has 0 aromatic rings. The number of hydrogen-bond donors (Lipinski definition) is 0. The van der Waals surface area contributed by atoms with E-state index < -0.39 is 44.5 Å². The highest BCUT2D eigenvalue weighted by atomic mass is 28.4. The molecule has 38 heavy (non-hydrogen) atoms. The first-order valence-corrected chi connectivity index (χ1v) is 16.5. The molecule has 0 aromatic heterocycles. The number of ether oxygens (including phenoxy) is 4. The third kappa shape index (κ3) is 10.4. The Hall–Kier alpha value is -1.81. The molecule has 0 aromatic carbocycles. The minimum atomic E-state index is -2.24. The summed E-state index contributed by atoms with van der Waals surface area (Å²) in [5, 5.41) is -0.0623. The van der Waals surface area contributed by atoms with E-state index in [2.05, 4.69) is 33.9 Å². The predicted octanol–water partition coefficient (Wildman–Crippen LogP) is 5.90. The van der Waals surface area contributed by atoms with Crippen LogP contribution in [0.2, 0.25) is 18.1 Å². The smallest absolute Gasteiger partial charge is 0.308 e. The van der Waals surface area contributed by atoms with Crippen LogP contribution in [0.3, 0.4) is 0 Å². The van der Waals surface area contributed by atoms with Crippen molar-refractivity contribution in [1.82, 2.24) is 0 Å². The van der Waals surface area contributed by atoms with E-state index in [1.54, 1.807) is 13.0 Å². The van der Waals surface area contributed by atoms with Crippen LogP contribution < -0.4 is 0 Å². The summed E-state index contributed by atoms with van der Waals surface area (Å²) in [6.07, 6.45) is 4.32. The van der Waals surface area contributed by atoms with Crippen LogP contribution in [-0.2, 0) is 37.8 Å². The van der Waals surface area contributed by atoms with Gasteiger partial charge in [0.1, 0.15) is 24.1 Å². The topological polar surface area (TPSA) is 97.4 Å². The Morgan fingerprint density at radius 2 is 1.89 bits per heavy atom. The van der Waals surface area contributed by atoms with Crippen molar-refractivity contribution in [3.63, 3.8) is 0 Å². The fraction of sp³-hybridized carbons (Fsp3) is 0.759. The number of cyclic esters (lactones) is 1. The van der Waals surface area contributed by atoms with E-state index in [0.29, 0.717) is 31.3 Å². The molecule has 0 spiro atoms. The molecule has 0 fully saturated rings. The quantitative estimate of drug-likeness (QED) is 0.0868. The van der Waals surface area contributed by atoms with E-state index in [-0.39, 0.29) is 23.3 Å². The highest BCUT2D eigenvalue weighted by molar-refractivity contribution is 6.74. The maximum absolute atomic E-state index is 13.2. The van der Waals surface area contributed by atoms with E-state index in [0.717, 1.165) is 0 Å². The van der Waals surface area contributed by atoms with Crippen LogP contribution in [0.1, 0.15) is 81.6 Å². The number of rotatable bonds is 9. The van der Waals surface area contributed by atoms with Crippen LogP contribution in [-0.4, -0.2) is 63.4 Å². The maximum Gasteiger partial charge on any atom is 0.308 e. The van der Waals surface area contributed by atoms with Crippen molar-refractivity contribution in [2.75, 3.05) is 6.61 Å². The highest BCUT2D eigenvalue weighted by Gasteiger charge is 2.43. The lowest BCUT2D eigenvalue weighted by molar-refractivity contribution is -0.227. The summed E-state index contributed by atoms with van der Waals surface area (Å²) in [5.41, 5.74) is -0.338. The molecular weight excluding hydrogens is 504 g/mol. The molecule has 1 rings (SSSR count). The molecular formula is C29H50O8Si. The van der Waals surface area contributed by atoms with Crippen LogP contribution in [0.15, 0.2) is 23.8 Å². The molecule has 0 bridgehead atoms. The largest absolute Gasteiger partial charge is 0.457 e. The van der Waals surface area contributed by atoms with Gasteiger partial charge < -0.3 is 23.4 Å². The molecule has 6 atom stereocenters. The van der Waals surface area contributed by atoms with Gasteiger partial charge in [0.15, 0.2) is 14.6 Å². The zero-order valence-electron chi connectivity index (χ0n) is 25.3. The Bertz CT molecular complexity index is 859. The van der Waals surface area contributed by atoms with Gasteiger partial charge in [-0.3, -0.25) is 14.4 Å². The second kappa shape index (κ2) is 14.5. The molecule has 1 unspecified atom stereocenters. The molecule has 1 aliphatic heterocycles. The third-order valence-corrected chi connectivity index (χ3v) is 12.0. The minimum absolute atomic E-state index is 0.0587. The normalized spacial score (nSPS) is 29.9. The Morgan fingerprint density at radius 3 is 2.42 bits per heavy atom. The summed E-state index contributed by atoms with van der Waals surface area (Å²) in [6.45, 7) is 21.8. The average Bonchev–Trinajstić information content (AvgIpc) is 2.76. The maximum atomic E-state index is 13.2. The number of aldehydes is 1. The van der Waals surface area contributed by atoms with Crippen molar-refractivity contribution >= 4 is 26.5 Å². The van der Waals surface area contributed by atoms with E-state index in [1.807, 2.05) is 33.8 Å². The molecule has 1 heterocycles. The van der Waals surface area contributed by atoms with Crippen LogP contribution in [0, 0.1) is 5.92 Å². The summed E-state index contributed by atoms with van der Waals surface area (Å²) in [5.74, 6) is -1.13. The second-order valence-electron chi connectivity index (χ2n) is 11.9. The molecule has 1 aliphatic rings. The third-order valence-electron chi connectivity index (χ3n) is 7.46. The number of allylic oxidation sites excluding steroid dienone is 1. The molecule has 218 valence electrons. The first-order chi connectivity index (χ1) is 17.5. The van der Waals surface area contributed by atoms with Crippen molar-refractivity contribution in [3.8, 4) is 0 Å². The van der Waals surface area contributed by atoms with Crippen LogP contribution >= 0.6 is 0 Å². The monoisotopic (exact) mass is 554 g/mol. The van der Waals surface area contributed by atoms with Gasteiger partial charge in [-0.1, -0.05) is 33.8 Å². The molecule has 9 heteroatoms. The summed E-state index contributed by atoms with van der Waals surface area (Å²) >= 11 is 0. The standard InChI is InChI=1S/C29H50O8Si/c1-12-33-23(5)36-29(9)17-15-24(37-38(10,11)28(6,7)8)19-26(32)35-27(21(3)16-18-30)20(2)13-14-25(29)34-22(4)31/h13-14,16,18,20,23-25,27H,12,15,17,19H2,1-11H3/b14-13-,21-16+/t20-,23?,24+,25-,27-,29+/m0/s1. The minimum Gasteiger partial charge on any atom is -0.457 e. The fourth-order valence-corrected chi connectivity index (χ4v) is 5.66. The van der Waals surface area contributed by atoms with Gasteiger partial charge in [-0.25, -0.2) is 0 Å². The SMILES string of the molecule is CCOC(C)O[C@]1(C)CC[C@@H](O[Si](C)(C)C(C)(C)C)CC(=O)O[C@H](/C(C)=C/C=O)[C@@H](C)/C=C\[C@@H]1OC(C)=O. The zero-order chi connectivity index (χ0) is 29.3. The van der Waals surface area contributed by atoms with Gasteiger partial charge >= 0.3 is 11.9 Å². The van der Waals surface area contributed by atoms with E-state index in [9.17, 15) is 14.4 Å². The molecule has 0 N–H and O–H groups in total. The van der Waals surface area contributed by atoms with E-state index in [1.165, 1.54) is 13.0 Å². The molecule has 0 aliphatic carbocycles. The molecule has 0 saturated heterocycles. The first kappa shape index (κ1) is 34.2. The van der Waals surface area contributed by atoms with Gasteiger partial charge in [0.05, 0.1) is 12.5 Å². The number of hydrogen-bond acceptors (Lipinski definition) is 8. The Morgan fingerprint density at radius 1 is 1.26 bits per heavy atom. The van der Waals surface area contributed by atoms with Crippen LogP contribution in [0.5, 0.6) is 0 Å². The van der Waals surface area contributed by atoms with Crippen LogP contribution in [0.4, 0.5) is 0 Å². The fourth-order valence-electron chi connectivity index (χ4n) is 4.28. The van der Waals surface area contributed by atoms with Crippen molar-refractivity contribution in [2.24, 2.45) is 5.92 Å². The van der Waals surface area contributed by atoms with Crippen molar-refractivity contribution < 1.29 is 37.8 Å². The van der Waals surface area contributed by atoms with Gasteiger partial charge in [0, 0.05) is 19.4 Å². The Labute approximate surface area is 230 Å². The van der Waals surface area contributed by atoms with E-state index in [4.69, 9.17) is 23.4 Å². The van der Waals surface area contributed by atoms with Gasteiger partial charge in [-0.05, 0) is 76.4 Å². The van der Waals surface area contributed by atoms with Crippen molar-refractivity contribution in [1.29, 1.82) is 0 Å². The lowest BCUT2D eigenvalue weighted by Gasteiger charge is -2.42.